The number of hydrogen-bond donors (Lipinski definition) is 1. The van der Waals surface area contributed by atoms with E-state index in [0.717, 1.165) is 25.6 Å². The molecule has 0 radical (unpaired) electrons. The van der Waals surface area contributed by atoms with Gasteiger partial charge in [0.1, 0.15) is 11.6 Å². The van der Waals surface area contributed by atoms with Crippen LogP contribution in [-0.4, -0.2) is 30.2 Å². The van der Waals surface area contributed by atoms with Gasteiger partial charge < -0.3 is 5.32 Å². The summed E-state index contributed by atoms with van der Waals surface area (Å²) in [5.74, 6) is -1.12. The van der Waals surface area contributed by atoms with E-state index in [1.165, 1.54) is 22.7 Å². The van der Waals surface area contributed by atoms with Gasteiger partial charge in [0, 0.05) is 31.8 Å². The smallest absolute Gasteiger partial charge is 0.250 e. The maximum atomic E-state index is 13.5. The van der Waals surface area contributed by atoms with E-state index in [4.69, 9.17) is 0 Å². The normalized spacial score (nSPS) is 29.0. The number of carbonyl (C=O) groups excluding carboxylic acids is 1. The Morgan fingerprint density at radius 3 is 2.78 bits per heavy atom. The van der Waals surface area contributed by atoms with Crippen LogP contribution in [0.4, 0.5) is 8.78 Å². The molecule has 1 N–H and O–H groups in total. The fraction of sp³-hybridized carbons (Fsp3) is 0.412. The first-order valence-electron chi connectivity index (χ1n) is 7.84. The van der Waals surface area contributed by atoms with Gasteiger partial charge in [0.25, 0.3) is 0 Å². The van der Waals surface area contributed by atoms with Gasteiger partial charge in [-0.1, -0.05) is 11.6 Å². The maximum Gasteiger partial charge on any atom is 0.250 e. The lowest BCUT2D eigenvalue weighted by atomic mass is 9.99. The molecule has 3 atom stereocenters. The number of hydrogen-bond acceptors (Lipinski definition) is 3. The lowest BCUT2D eigenvalue weighted by molar-refractivity contribution is -0.136. The number of halogens is 2. The molecule has 0 saturated carbocycles. The van der Waals surface area contributed by atoms with E-state index >= 15 is 0 Å². The minimum Gasteiger partial charge on any atom is -0.312 e. The summed E-state index contributed by atoms with van der Waals surface area (Å²) in [4.78, 5) is 12.8. The van der Waals surface area contributed by atoms with Crippen LogP contribution in [0.5, 0.6) is 0 Å². The van der Waals surface area contributed by atoms with Crippen LogP contribution in [0.3, 0.4) is 0 Å². The third kappa shape index (κ3) is 2.57. The van der Waals surface area contributed by atoms with Crippen molar-refractivity contribution < 1.29 is 13.6 Å². The van der Waals surface area contributed by atoms with Crippen LogP contribution in [0.1, 0.15) is 24.4 Å². The molecule has 0 spiro atoms. The average molecular weight is 317 g/mol. The predicted molar refractivity (Wildman–Crippen MR) is 81.6 cm³/mol. The fourth-order valence-electron chi connectivity index (χ4n) is 3.74. The van der Waals surface area contributed by atoms with Crippen molar-refractivity contribution in [3.8, 4) is 0 Å². The zero-order valence-electron chi connectivity index (χ0n) is 12.5. The number of hydrazone groups is 1. The van der Waals surface area contributed by atoms with Crippen molar-refractivity contribution in [1.29, 1.82) is 0 Å². The van der Waals surface area contributed by atoms with Crippen molar-refractivity contribution in [2.24, 2.45) is 16.9 Å². The predicted octanol–water partition coefficient (Wildman–Crippen LogP) is 2.39. The highest BCUT2D eigenvalue weighted by Gasteiger charge is 2.38. The first-order valence-corrected chi connectivity index (χ1v) is 7.84. The third-order valence-corrected chi connectivity index (χ3v) is 4.84. The van der Waals surface area contributed by atoms with Gasteiger partial charge in [-0.25, -0.2) is 13.8 Å². The van der Waals surface area contributed by atoms with Crippen molar-refractivity contribution in [2.45, 2.75) is 18.9 Å². The van der Waals surface area contributed by atoms with Gasteiger partial charge >= 0.3 is 0 Å². The SMILES string of the molecule is O=C([C@@H]1C=C2CNC[C@@H]2C1)N1N=CC[C@@H]1c1cc(F)cc(F)c1. The topological polar surface area (TPSA) is 44.7 Å². The van der Waals surface area contributed by atoms with Crippen molar-refractivity contribution in [3.05, 3.63) is 47.0 Å². The standard InChI is InChI=1S/C17H17F2N3O/c18-14-5-10(6-15(19)7-14)16-1-2-21-22(16)17(23)11-3-12-8-20-9-13(12)4-11/h2-3,5-7,11,13,16,20H,1,4,8-9H2/t11-,13+,16-/m1/s1. The highest BCUT2D eigenvalue weighted by Crippen LogP contribution is 2.37. The highest BCUT2D eigenvalue weighted by molar-refractivity contribution is 5.84. The quantitative estimate of drug-likeness (QED) is 0.851. The van der Waals surface area contributed by atoms with E-state index in [-0.39, 0.29) is 11.8 Å². The molecule has 4 nitrogen and oxygen atoms in total. The van der Waals surface area contributed by atoms with E-state index in [1.54, 1.807) is 6.21 Å². The van der Waals surface area contributed by atoms with E-state index in [9.17, 15) is 13.6 Å². The Morgan fingerprint density at radius 1 is 1.26 bits per heavy atom. The summed E-state index contributed by atoms with van der Waals surface area (Å²) in [5, 5.41) is 8.85. The Morgan fingerprint density at radius 2 is 2.04 bits per heavy atom. The molecule has 2 aliphatic heterocycles. The van der Waals surface area contributed by atoms with Gasteiger partial charge in [0.05, 0.1) is 12.0 Å². The van der Waals surface area contributed by atoms with Crippen molar-refractivity contribution in [2.75, 3.05) is 13.1 Å². The molecule has 23 heavy (non-hydrogen) atoms. The minimum absolute atomic E-state index is 0.0877. The summed E-state index contributed by atoms with van der Waals surface area (Å²) in [5.41, 5.74) is 1.74. The number of amides is 1. The van der Waals surface area contributed by atoms with Crippen molar-refractivity contribution >= 4 is 12.1 Å². The van der Waals surface area contributed by atoms with Crippen LogP contribution in [0.25, 0.3) is 0 Å². The molecule has 0 aromatic heterocycles. The van der Waals surface area contributed by atoms with Gasteiger partial charge in [0.2, 0.25) is 5.91 Å². The summed E-state index contributed by atoms with van der Waals surface area (Å²) < 4.78 is 26.9. The summed E-state index contributed by atoms with van der Waals surface area (Å²) in [7, 11) is 0. The fourth-order valence-corrected chi connectivity index (χ4v) is 3.74. The Hall–Kier alpha value is -2.08. The van der Waals surface area contributed by atoms with E-state index in [2.05, 4.69) is 10.4 Å². The number of rotatable bonds is 2. The molecule has 120 valence electrons. The maximum absolute atomic E-state index is 13.5. The second-order valence-corrected chi connectivity index (χ2v) is 6.35. The molecule has 0 unspecified atom stereocenters. The van der Waals surface area contributed by atoms with Crippen molar-refractivity contribution in [1.82, 2.24) is 10.3 Å². The molecule has 3 aliphatic rings. The average Bonchev–Trinajstić information content (AvgIpc) is 3.20. The van der Waals surface area contributed by atoms with Crippen LogP contribution >= 0.6 is 0 Å². The van der Waals surface area contributed by atoms with Crippen LogP contribution in [0, 0.1) is 23.5 Å². The van der Waals surface area contributed by atoms with Crippen LogP contribution < -0.4 is 5.32 Å². The Bertz CT molecular complexity index is 696. The molecular formula is C17H17F2N3O. The number of fused-ring (bicyclic) bond motifs is 1. The van der Waals surface area contributed by atoms with Gasteiger partial charge in [0.15, 0.2) is 0 Å². The molecule has 1 aliphatic carbocycles. The molecule has 2 heterocycles. The molecule has 1 saturated heterocycles. The number of benzene rings is 1. The molecule has 1 fully saturated rings. The molecule has 6 heteroatoms. The molecular weight excluding hydrogens is 300 g/mol. The largest absolute Gasteiger partial charge is 0.312 e. The summed E-state index contributed by atoms with van der Waals surface area (Å²) in [6.45, 7) is 1.76. The summed E-state index contributed by atoms with van der Waals surface area (Å²) in [6.07, 6.45) is 4.93. The monoisotopic (exact) mass is 317 g/mol. The second-order valence-electron chi connectivity index (χ2n) is 6.35. The van der Waals surface area contributed by atoms with Gasteiger partial charge in [-0.3, -0.25) is 4.79 Å². The zero-order chi connectivity index (χ0) is 16.0. The van der Waals surface area contributed by atoms with Crippen LogP contribution in [0.15, 0.2) is 34.9 Å². The summed E-state index contributed by atoms with van der Waals surface area (Å²) in [6, 6.07) is 2.95. The molecule has 4 rings (SSSR count). The Balaban J connectivity index is 1.57. The Labute approximate surface area is 132 Å². The highest BCUT2D eigenvalue weighted by atomic mass is 19.1. The molecule has 1 aromatic rings. The molecule has 1 amide bonds. The first-order chi connectivity index (χ1) is 11.1. The van der Waals surface area contributed by atoms with E-state index in [0.29, 0.717) is 17.9 Å². The first kappa shape index (κ1) is 14.5. The zero-order valence-corrected chi connectivity index (χ0v) is 12.5. The molecule has 0 bridgehead atoms. The third-order valence-electron chi connectivity index (χ3n) is 4.84. The van der Waals surface area contributed by atoms with E-state index < -0.39 is 17.7 Å². The van der Waals surface area contributed by atoms with Crippen LogP contribution in [0.2, 0.25) is 0 Å². The number of carbonyl (C=O) groups is 1. The lowest BCUT2D eigenvalue weighted by Gasteiger charge is -2.25. The lowest BCUT2D eigenvalue weighted by Crippen LogP contribution is -2.32. The summed E-state index contributed by atoms with van der Waals surface area (Å²) >= 11 is 0. The van der Waals surface area contributed by atoms with Crippen molar-refractivity contribution in [3.63, 3.8) is 0 Å². The van der Waals surface area contributed by atoms with Gasteiger partial charge in [-0.05, 0) is 30.0 Å². The van der Waals surface area contributed by atoms with Gasteiger partial charge in [-0.2, -0.15) is 5.10 Å². The van der Waals surface area contributed by atoms with E-state index in [1.807, 2.05) is 6.08 Å². The number of nitrogens with one attached hydrogen (secondary N) is 1. The minimum atomic E-state index is -0.636. The Kier molecular flexibility index (Phi) is 3.49. The molecule has 1 aromatic carbocycles. The number of nitrogens with zero attached hydrogens (tertiary/aromatic N) is 2. The van der Waals surface area contributed by atoms with Crippen LogP contribution in [-0.2, 0) is 4.79 Å². The second kappa shape index (κ2) is 5.53. The van der Waals surface area contributed by atoms with Gasteiger partial charge in [-0.15, -0.1) is 0 Å².